The normalized spacial score (nSPS) is 12.7. The molecule has 0 aliphatic carbocycles. The van der Waals surface area contributed by atoms with Crippen LogP contribution in [0, 0.1) is 0 Å². The van der Waals surface area contributed by atoms with E-state index in [-0.39, 0.29) is 5.69 Å². The topological polar surface area (TPSA) is 270 Å². The van der Waals surface area contributed by atoms with Gasteiger partial charge in [0.05, 0.1) is 21.2 Å². The largest absolute Gasteiger partial charge is 0.398 e. The van der Waals surface area contributed by atoms with Crippen molar-refractivity contribution in [1.29, 1.82) is 0 Å². The Balaban J connectivity index is 0.000000300. The highest BCUT2D eigenvalue weighted by Crippen LogP contribution is 2.22. The van der Waals surface area contributed by atoms with E-state index in [0.717, 1.165) is 30.3 Å². The van der Waals surface area contributed by atoms with Gasteiger partial charge < -0.3 is 11.5 Å². The summed E-state index contributed by atoms with van der Waals surface area (Å²) in [5.74, 6) is 0. The van der Waals surface area contributed by atoms with E-state index in [0.29, 0.717) is 6.07 Å². The van der Waals surface area contributed by atoms with E-state index in [1.54, 1.807) is 0 Å². The minimum Gasteiger partial charge on any atom is -0.398 e. The Morgan fingerprint density at radius 2 is 0.900 bits per heavy atom. The zero-order chi connectivity index (χ0) is 23.7. The van der Waals surface area contributed by atoms with Crippen LogP contribution < -0.4 is 11.5 Å². The monoisotopic (exact) mass is 506 g/mol. The molecule has 2 aromatic rings. The van der Waals surface area contributed by atoms with Crippen LogP contribution in [-0.4, -0.2) is 51.9 Å². The van der Waals surface area contributed by atoms with Gasteiger partial charge in [-0.15, -0.1) is 0 Å². The molecule has 0 saturated carbocycles. The van der Waals surface area contributed by atoms with Gasteiger partial charge in [-0.2, -0.15) is 33.7 Å². The first-order valence-electron chi connectivity index (χ1n) is 6.93. The summed E-state index contributed by atoms with van der Waals surface area (Å²) in [6, 6.07) is 4.77. The van der Waals surface area contributed by atoms with Gasteiger partial charge in [-0.05, 0) is 36.4 Å². The summed E-state index contributed by atoms with van der Waals surface area (Å²) in [5, 5.41) is 0. The van der Waals surface area contributed by atoms with E-state index < -0.39 is 65.7 Å². The molecule has 30 heavy (non-hydrogen) atoms. The molecule has 0 spiro atoms. The Labute approximate surface area is 171 Å². The molecule has 168 valence electrons. The number of hydrogen-bond donors (Lipinski definition) is 6. The summed E-state index contributed by atoms with van der Waals surface area (Å²) in [6.45, 7) is 0. The second-order valence-corrected chi connectivity index (χ2v) is 10.9. The molecule has 0 unspecified atom stereocenters. The summed E-state index contributed by atoms with van der Waals surface area (Å²) in [4.78, 5) is -2.59. The first kappa shape index (κ1) is 25.7. The maximum Gasteiger partial charge on any atom is 0.296 e. The third kappa shape index (κ3) is 6.88. The van der Waals surface area contributed by atoms with Crippen molar-refractivity contribution in [3.63, 3.8) is 0 Å². The molecule has 2 rings (SSSR count). The Morgan fingerprint density at radius 3 is 1.27 bits per heavy atom. The third-order valence-electron chi connectivity index (χ3n) is 3.12. The number of benzene rings is 2. The maximum atomic E-state index is 10.7. The van der Waals surface area contributed by atoms with Crippen LogP contribution in [0.25, 0.3) is 0 Å². The minimum absolute atomic E-state index is 0.315. The smallest absolute Gasteiger partial charge is 0.296 e. The van der Waals surface area contributed by atoms with Crippen LogP contribution >= 0.6 is 0 Å². The van der Waals surface area contributed by atoms with Crippen molar-refractivity contribution in [3.05, 3.63) is 36.4 Å². The van der Waals surface area contributed by atoms with Crippen molar-refractivity contribution in [2.24, 2.45) is 0 Å². The molecule has 0 fully saturated rings. The first-order valence-corrected chi connectivity index (χ1v) is 12.7. The van der Waals surface area contributed by atoms with Crippen LogP contribution in [0.2, 0.25) is 0 Å². The molecular formula is C12H14N2O12S4. The van der Waals surface area contributed by atoms with E-state index in [9.17, 15) is 33.7 Å². The number of nitrogen functional groups attached to an aromatic ring is 2. The lowest BCUT2D eigenvalue weighted by molar-refractivity contribution is 0.479. The summed E-state index contributed by atoms with van der Waals surface area (Å²) in [5.41, 5.74) is 9.61. The zero-order valence-electron chi connectivity index (χ0n) is 14.3. The average molecular weight is 507 g/mol. The van der Waals surface area contributed by atoms with E-state index in [2.05, 4.69) is 0 Å². The molecule has 0 atom stereocenters. The van der Waals surface area contributed by atoms with E-state index in [1.807, 2.05) is 0 Å². The fraction of sp³-hybridized carbons (Fsp3) is 0. The number of rotatable bonds is 4. The van der Waals surface area contributed by atoms with Crippen molar-refractivity contribution >= 4 is 51.8 Å². The van der Waals surface area contributed by atoms with E-state index in [4.69, 9.17) is 29.7 Å². The van der Waals surface area contributed by atoms with Crippen molar-refractivity contribution in [2.75, 3.05) is 11.5 Å². The van der Waals surface area contributed by atoms with Crippen LogP contribution in [0.4, 0.5) is 11.4 Å². The SMILES string of the molecule is Nc1cc(S(=O)(=O)O)ccc1S(=O)(=O)O.Nc1ccc(S(=O)(=O)O)cc1S(=O)(=O)O. The lowest BCUT2D eigenvalue weighted by Gasteiger charge is -2.03. The highest BCUT2D eigenvalue weighted by Gasteiger charge is 2.19. The van der Waals surface area contributed by atoms with Gasteiger partial charge in [-0.1, -0.05) is 0 Å². The molecule has 0 bridgehead atoms. The van der Waals surface area contributed by atoms with E-state index >= 15 is 0 Å². The van der Waals surface area contributed by atoms with Gasteiger partial charge in [0, 0.05) is 0 Å². The van der Waals surface area contributed by atoms with Crippen LogP contribution in [0.1, 0.15) is 0 Å². The Kier molecular flexibility index (Phi) is 7.23. The Hall–Kier alpha value is -2.32. The van der Waals surface area contributed by atoms with Crippen molar-refractivity contribution in [3.8, 4) is 0 Å². The number of anilines is 2. The first-order chi connectivity index (χ1) is 13.2. The fourth-order valence-electron chi connectivity index (χ4n) is 1.82. The second kappa shape index (κ2) is 8.43. The van der Waals surface area contributed by atoms with Crippen LogP contribution in [0.3, 0.4) is 0 Å². The third-order valence-corrected chi connectivity index (χ3v) is 6.65. The Bertz CT molecular complexity index is 1400. The number of nitrogens with two attached hydrogens (primary N) is 2. The van der Waals surface area contributed by atoms with Crippen molar-refractivity contribution < 1.29 is 51.9 Å². The highest BCUT2D eigenvalue weighted by atomic mass is 32.2. The zero-order valence-corrected chi connectivity index (χ0v) is 17.6. The molecule has 14 nitrogen and oxygen atoms in total. The van der Waals surface area contributed by atoms with Gasteiger partial charge in [-0.3, -0.25) is 18.2 Å². The summed E-state index contributed by atoms with van der Waals surface area (Å²) in [7, 11) is -18.1. The minimum atomic E-state index is -4.62. The van der Waals surface area contributed by atoms with Gasteiger partial charge in [0.2, 0.25) is 0 Å². The summed E-state index contributed by atoms with van der Waals surface area (Å²) in [6.07, 6.45) is 0. The molecule has 0 saturated heterocycles. The predicted molar refractivity (Wildman–Crippen MR) is 101 cm³/mol. The quantitative estimate of drug-likeness (QED) is 0.226. The molecular weight excluding hydrogens is 492 g/mol. The summed E-state index contributed by atoms with van der Waals surface area (Å²) < 4.78 is 120. The lowest BCUT2D eigenvalue weighted by atomic mass is 10.3. The highest BCUT2D eigenvalue weighted by molar-refractivity contribution is 7.87. The molecule has 2 aromatic carbocycles. The standard InChI is InChI=1S/2C6H7NO6S2/c7-5-3-4(14(8,9)10)1-2-6(5)15(11,12)13;7-5-2-1-4(14(8,9)10)3-6(5)15(11,12)13/h2*1-3H,7H2,(H,8,9,10)(H,11,12,13). The van der Waals surface area contributed by atoms with E-state index in [1.165, 1.54) is 0 Å². The van der Waals surface area contributed by atoms with Crippen molar-refractivity contribution in [2.45, 2.75) is 19.6 Å². The molecule has 0 heterocycles. The van der Waals surface area contributed by atoms with Gasteiger partial charge in [0.25, 0.3) is 40.5 Å². The van der Waals surface area contributed by atoms with Crippen LogP contribution in [0.5, 0.6) is 0 Å². The molecule has 0 radical (unpaired) electrons. The molecule has 0 aromatic heterocycles. The average Bonchev–Trinajstić information content (AvgIpc) is 2.51. The maximum absolute atomic E-state index is 10.7. The summed E-state index contributed by atoms with van der Waals surface area (Å²) >= 11 is 0. The van der Waals surface area contributed by atoms with Gasteiger partial charge in [-0.25, -0.2) is 0 Å². The number of hydrogen-bond acceptors (Lipinski definition) is 10. The lowest BCUT2D eigenvalue weighted by Crippen LogP contribution is -2.06. The van der Waals surface area contributed by atoms with Crippen LogP contribution in [0.15, 0.2) is 56.0 Å². The molecule has 18 heteroatoms. The molecule has 0 amide bonds. The molecule has 0 aliphatic rings. The van der Waals surface area contributed by atoms with Gasteiger partial charge >= 0.3 is 0 Å². The van der Waals surface area contributed by atoms with Crippen LogP contribution in [-0.2, 0) is 40.5 Å². The second-order valence-electron chi connectivity index (χ2n) is 5.30. The predicted octanol–water partition coefficient (Wildman–Crippen LogP) is -0.476. The Morgan fingerprint density at radius 1 is 0.500 bits per heavy atom. The molecule has 8 N–H and O–H groups in total. The van der Waals surface area contributed by atoms with Gasteiger partial charge in [0.15, 0.2) is 0 Å². The van der Waals surface area contributed by atoms with Gasteiger partial charge in [0.1, 0.15) is 9.79 Å². The fourth-order valence-corrected chi connectivity index (χ4v) is 4.16. The molecule has 0 aliphatic heterocycles. The van der Waals surface area contributed by atoms with Crippen molar-refractivity contribution in [1.82, 2.24) is 0 Å².